The lowest BCUT2D eigenvalue weighted by Crippen LogP contribution is -2.57. The molecule has 0 radical (unpaired) electrons. The summed E-state index contributed by atoms with van der Waals surface area (Å²) in [6.45, 7) is 4.96. The minimum absolute atomic E-state index is 0.000872. The van der Waals surface area contributed by atoms with Gasteiger partial charge in [0.05, 0.1) is 29.0 Å². The monoisotopic (exact) mass is 548 g/mol. The first kappa shape index (κ1) is 26.1. The van der Waals surface area contributed by atoms with E-state index in [2.05, 4.69) is 11.8 Å². The van der Waals surface area contributed by atoms with E-state index >= 15 is 0 Å². The standard InChI is InChI=1S/C30H30F2N4O4/c1-16-18(15-35(16)29(38)40-30(2,3)4)11-9-17-10-12-20-21(13-17)36-22-14-23(26(36)33-20)34(5)27(37)19-7-6-8-24(25(19)22)39-28(31)32/h6-8,10,12-13,16,18,22-23,28H,14-15H2,1-5H3/t16?,18?,22-,23?/m1/s1. The molecule has 0 aliphatic carbocycles. The lowest BCUT2D eigenvalue weighted by molar-refractivity contribution is -0.0507. The molecule has 3 aromatic rings. The third-order valence-electron chi connectivity index (χ3n) is 7.90. The molecule has 1 saturated heterocycles. The van der Waals surface area contributed by atoms with Crippen molar-refractivity contribution in [2.45, 2.75) is 64.5 Å². The Morgan fingerprint density at radius 2 is 1.95 bits per heavy atom. The summed E-state index contributed by atoms with van der Waals surface area (Å²) in [7, 11) is 1.71. The molecule has 1 fully saturated rings. The van der Waals surface area contributed by atoms with Crippen LogP contribution in [0.15, 0.2) is 36.4 Å². The van der Waals surface area contributed by atoms with Gasteiger partial charge in [-0.3, -0.25) is 4.79 Å². The van der Waals surface area contributed by atoms with Crippen molar-refractivity contribution in [3.05, 3.63) is 58.9 Å². The number of carbonyl (C=O) groups is 2. The molecule has 4 heterocycles. The molecule has 208 valence electrons. The predicted molar refractivity (Wildman–Crippen MR) is 143 cm³/mol. The number of likely N-dealkylation sites (tertiary alicyclic amines) is 1. The van der Waals surface area contributed by atoms with Gasteiger partial charge in [-0.15, -0.1) is 0 Å². The van der Waals surface area contributed by atoms with Crippen LogP contribution in [0.4, 0.5) is 13.6 Å². The van der Waals surface area contributed by atoms with E-state index in [0.29, 0.717) is 29.9 Å². The van der Waals surface area contributed by atoms with Crippen LogP contribution in [-0.4, -0.2) is 63.2 Å². The maximum atomic E-state index is 13.3. The molecule has 2 amide bonds. The third kappa shape index (κ3) is 4.24. The van der Waals surface area contributed by atoms with E-state index in [9.17, 15) is 18.4 Å². The van der Waals surface area contributed by atoms with Crippen LogP contribution in [0.25, 0.3) is 11.0 Å². The molecule has 6 rings (SSSR count). The molecule has 1 aromatic heterocycles. The summed E-state index contributed by atoms with van der Waals surface area (Å²) in [5.74, 6) is 7.01. The Hall–Kier alpha value is -4.13. The van der Waals surface area contributed by atoms with Crippen LogP contribution in [0.2, 0.25) is 0 Å². The fourth-order valence-corrected chi connectivity index (χ4v) is 5.87. The van der Waals surface area contributed by atoms with E-state index < -0.39 is 18.3 Å². The average molecular weight is 549 g/mol. The molecule has 2 bridgehead atoms. The van der Waals surface area contributed by atoms with Crippen LogP contribution >= 0.6 is 0 Å². The number of halogens is 2. The molecule has 40 heavy (non-hydrogen) atoms. The third-order valence-corrected chi connectivity index (χ3v) is 7.90. The number of ether oxygens (including phenoxy) is 2. The number of fused-ring (bicyclic) bond motifs is 9. The van der Waals surface area contributed by atoms with E-state index in [1.165, 1.54) is 6.07 Å². The maximum absolute atomic E-state index is 13.3. The molecule has 3 aliphatic heterocycles. The Morgan fingerprint density at radius 3 is 2.65 bits per heavy atom. The van der Waals surface area contributed by atoms with Crippen molar-refractivity contribution in [1.82, 2.24) is 19.4 Å². The van der Waals surface area contributed by atoms with E-state index in [1.54, 1.807) is 29.0 Å². The second kappa shape index (κ2) is 9.22. The zero-order valence-electron chi connectivity index (χ0n) is 22.9. The van der Waals surface area contributed by atoms with Crippen LogP contribution in [-0.2, 0) is 4.74 Å². The van der Waals surface area contributed by atoms with Crippen molar-refractivity contribution in [3.63, 3.8) is 0 Å². The second-order valence-corrected chi connectivity index (χ2v) is 11.6. The van der Waals surface area contributed by atoms with Gasteiger partial charge >= 0.3 is 12.7 Å². The molecule has 2 aromatic carbocycles. The van der Waals surface area contributed by atoms with Gasteiger partial charge in [0.2, 0.25) is 0 Å². The molecule has 8 nitrogen and oxygen atoms in total. The lowest BCUT2D eigenvalue weighted by atomic mass is 9.91. The summed E-state index contributed by atoms with van der Waals surface area (Å²) in [5.41, 5.74) is 2.57. The number of rotatable bonds is 2. The summed E-state index contributed by atoms with van der Waals surface area (Å²) in [6, 6.07) is 9.66. The Labute approximate surface area is 230 Å². The van der Waals surface area contributed by atoms with Gasteiger partial charge < -0.3 is 23.8 Å². The van der Waals surface area contributed by atoms with Gasteiger partial charge in [-0.05, 0) is 58.0 Å². The van der Waals surface area contributed by atoms with E-state index in [0.717, 1.165) is 16.6 Å². The van der Waals surface area contributed by atoms with Crippen molar-refractivity contribution >= 4 is 23.0 Å². The van der Waals surface area contributed by atoms with E-state index in [4.69, 9.17) is 14.5 Å². The SMILES string of the molecule is CC1C(C#Cc2ccc3nc4n(c3c2)[C@@H]2CC4N(C)C(=O)c3cccc(OC(F)F)c32)CN1C(=O)OC(C)(C)C. The van der Waals surface area contributed by atoms with Crippen LogP contribution in [0.1, 0.15) is 73.5 Å². The number of benzene rings is 2. The number of aromatic nitrogens is 2. The summed E-state index contributed by atoms with van der Waals surface area (Å²) >= 11 is 0. The fourth-order valence-electron chi connectivity index (χ4n) is 5.87. The zero-order chi connectivity index (χ0) is 28.5. The Bertz CT molecular complexity index is 1600. The summed E-state index contributed by atoms with van der Waals surface area (Å²) in [4.78, 5) is 33.8. The van der Waals surface area contributed by atoms with Gasteiger partial charge in [0.25, 0.3) is 5.91 Å². The molecule has 3 aliphatic rings. The van der Waals surface area contributed by atoms with E-state index in [1.807, 2.05) is 50.5 Å². The normalized spacial score (nSPS) is 23.2. The van der Waals surface area contributed by atoms with E-state index in [-0.39, 0.29) is 35.8 Å². The molecule has 4 atom stereocenters. The Kier molecular flexibility index (Phi) is 6.02. The predicted octanol–water partition coefficient (Wildman–Crippen LogP) is 5.36. The number of hydrogen-bond donors (Lipinski definition) is 0. The van der Waals surface area contributed by atoms with Crippen molar-refractivity contribution in [2.24, 2.45) is 5.92 Å². The first-order chi connectivity index (χ1) is 18.9. The molecule has 0 saturated carbocycles. The first-order valence-electron chi connectivity index (χ1n) is 13.3. The van der Waals surface area contributed by atoms with Crippen molar-refractivity contribution < 1.29 is 27.8 Å². The number of amides is 2. The summed E-state index contributed by atoms with van der Waals surface area (Å²) in [6.07, 6.45) is 0.169. The summed E-state index contributed by atoms with van der Waals surface area (Å²) < 4.78 is 39.0. The second-order valence-electron chi connectivity index (χ2n) is 11.6. The van der Waals surface area contributed by atoms with Crippen LogP contribution in [0, 0.1) is 17.8 Å². The highest BCUT2D eigenvalue weighted by Crippen LogP contribution is 2.50. The number of nitrogens with zero attached hydrogens (tertiary/aromatic N) is 4. The van der Waals surface area contributed by atoms with Gasteiger partial charge in [0.1, 0.15) is 17.2 Å². The smallest absolute Gasteiger partial charge is 0.410 e. The first-order valence-corrected chi connectivity index (χ1v) is 13.3. The van der Waals surface area contributed by atoms with Crippen LogP contribution < -0.4 is 4.74 Å². The number of imidazole rings is 1. The maximum Gasteiger partial charge on any atom is 0.410 e. The largest absolute Gasteiger partial charge is 0.444 e. The topological polar surface area (TPSA) is 76.9 Å². The Morgan fingerprint density at radius 1 is 1.18 bits per heavy atom. The molecule has 3 unspecified atom stereocenters. The minimum atomic E-state index is -3.01. The van der Waals surface area contributed by atoms with Gasteiger partial charge in [0.15, 0.2) is 0 Å². The van der Waals surface area contributed by atoms with Gasteiger partial charge in [-0.25, -0.2) is 9.78 Å². The highest BCUT2D eigenvalue weighted by molar-refractivity contribution is 5.97. The van der Waals surface area contributed by atoms with Crippen LogP contribution in [0.3, 0.4) is 0 Å². The zero-order valence-corrected chi connectivity index (χ0v) is 22.9. The molecule has 0 spiro atoms. The van der Waals surface area contributed by atoms with Gasteiger partial charge in [-0.1, -0.05) is 17.9 Å². The van der Waals surface area contributed by atoms with Crippen molar-refractivity contribution in [2.75, 3.05) is 13.6 Å². The fraction of sp³-hybridized carbons (Fsp3) is 0.433. The molecular formula is C30H30F2N4O4. The highest BCUT2D eigenvalue weighted by Gasteiger charge is 2.45. The van der Waals surface area contributed by atoms with Gasteiger partial charge in [0, 0.05) is 42.7 Å². The highest BCUT2D eigenvalue weighted by atomic mass is 19.3. The van der Waals surface area contributed by atoms with Gasteiger partial charge in [-0.2, -0.15) is 8.78 Å². The Balaban J connectivity index is 1.34. The lowest BCUT2D eigenvalue weighted by Gasteiger charge is -2.43. The molecule has 10 heteroatoms. The summed E-state index contributed by atoms with van der Waals surface area (Å²) in [5, 5.41) is 0. The number of alkyl halides is 2. The number of hydrogen-bond acceptors (Lipinski definition) is 5. The van der Waals surface area contributed by atoms with Crippen LogP contribution in [0.5, 0.6) is 5.75 Å². The van der Waals surface area contributed by atoms with Crippen molar-refractivity contribution in [1.29, 1.82) is 0 Å². The number of carbonyl (C=O) groups excluding carboxylic acids is 2. The average Bonchev–Trinajstić information content (AvgIpc) is 3.39. The minimum Gasteiger partial charge on any atom is -0.444 e. The van der Waals surface area contributed by atoms with Crippen molar-refractivity contribution in [3.8, 4) is 17.6 Å². The molecular weight excluding hydrogens is 518 g/mol. The quantitative estimate of drug-likeness (QED) is 0.403. The molecule has 0 N–H and O–H groups in total.